The third-order valence-corrected chi connectivity index (χ3v) is 13.5. The Hall–Kier alpha value is -4.21. The van der Waals surface area contributed by atoms with Crippen molar-refractivity contribution in [1.29, 1.82) is 0 Å². The first-order chi connectivity index (χ1) is 36.7. The van der Waals surface area contributed by atoms with Crippen molar-refractivity contribution < 1.29 is 30.7 Å². The van der Waals surface area contributed by atoms with Gasteiger partial charge in [-0.3, -0.25) is 0 Å². The number of hydrogen-bond donors (Lipinski definition) is 0. The van der Waals surface area contributed by atoms with Crippen LogP contribution < -0.4 is 0 Å². The number of aryl methyl sites for hydroxylation is 1. The Kier molecular flexibility index (Phi) is 31.2. The van der Waals surface area contributed by atoms with E-state index < -0.39 is 11.6 Å². The molecule has 0 N–H and O–H groups in total. The SMILES string of the molecule is CC(C)(C)c1cc(Cl)ccc1Cl.CC(C)(C)c1cc(F)ccc1F.CC(C)c1ccc(Cl)cc1Cl.CC(C)c1ccc(Cl)cc1F.CC(C)c1ccc(F)c(F)c1.CC(C)c1ccc(F)cc1Cl.Cc1ccc(C(C)(C)C)c(F)c1. The highest BCUT2D eigenvalue weighted by atomic mass is 35.5. The van der Waals surface area contributed by atoms with E-state index in [1.54, 1.807) is 42.5 Å². The van der Waals surface area contributed by atoms with Crippen LogP contribution in [0.4, 0.5) is 30.7 Å². The van der Waals surface area contributed by atoms with Crippen molar-refractivity contribution in [1.82, 2.24) is 0 Å². The molecule has 0 nitrogen and oxygen atoms in total. The molecule has 0 aliphatic rings. The normalized spacial score (nSPS) is 11.1. The van der Waals surface area contributed by atoms with Gasteiger partial charge in [0.2, 0.25) is 0 Å². The van der Waals surface area contributed by atoms with E-state index in [1.807, 2.05) is 126 Å². The van der Waals surface area contributed by atoms with Crippen molar-refractivity contribution >= 4 is 69.6 Å². The van der Waals surface area contributed by atoms with Gasteiger partial charge < -0.3 is 0 Å². The zero-order chi connectivity index (χ0) is 61.8. The van der Waals surface area contributed by atoms with Gasteiger partial charge in [-0.1, -0.05) is 224 Å². The Labute approximate surface area is 504 Å². The number of benzene rings is 7. The maximum Gasteiger partial charge on any atom is 0.159 e. The topological polar surface area (TPSA) is 0 Å². The first-order valence-corrected chi connectivity index (χ1v) is 28.4. The van der Waals surface area contributed by atoms with E-state index >= 15 is 0 Å². The molecule has 0 saturated carbocycles. The van der Waals surface area contributed by atoms with Gasteiger partial charge in [0.05, 0.1) is 0 Å². The van der Waals surface area contributed by atoms with Crippen molar-refractivity contribution in [2.75, 3.05) is 0 Å². The summed E-state index contributed by atoms with van der Waals surface area (Å²) >= 11 is 34.9. The first kappa shape index (κ1) is 73.8. The predicted molar refractivity (Wildman–Crippen MR) is 332 cm³/mol. The minimum absolute atomic E-state index is 0.0575. The van der Waals surface area contributed by atoms with E-state index in [4.69, 9.17) is 69.6 Å². The fourth-order valence-corrected chi connectivity index (χ4v) is 8.90. The van der Waals surface area contributed by atoms with Gasteiger partial charge >= 0.3 is 0 Å². The second kappa shape index (κ2) is 33.8. The van der Waals surface area contributed by atoms with Gasteiger partial charge in [0.15, 0.2) is 11.6 Å². The lowest BCUT2D eigenvalue weighted by Crippen LogP contribution is -2.13. The van der Waals surface area contributed by atoms with Crippen molar-refractivity contribution in [3.05, 3.63) is 243 Å². The molecule has 0 aromatic heterocycles. The monoisotopic (exact) mass is 1230 g/mol. The van der Waals surface area contributed by atoms with Crippen molar-refractivity contribution in [3.63, 3.8) is 0 Å². The summed E-state index contributed by atoms with van der Waals surface area (Å²) in [6, 6.07) is 33.4. The standard InChI is InChI=1S/C11H15F.C10H12Cl2.C10H12F2.C9H10Cl2.2C9H10ClF.C9H10F2/c1-8-5-6-9(10(12)7-8)11(2,3)4;2*1-10(2,3)8-6-7(11)4-5-9(8)12;1-6(2)8-4-3-7(10)5-9(8)11;1-6(2)8-4-3-7(11)5-9(8)10;1-6(2)8-4-3-7(10)5-9(8)11;1-6(2)7-3-4-8(10)9(11)5-7/h5-7H,1-4H3;2*4-6H,1-3H3;4*3-6H,1-2H3. The zero-order valence-corrected chi connectivity index (χ0v) is 53.9. The molecule has 13 heteroatoms. The molecule has 0 bridgehead atoms. The molecule has 0 saturated heterocycles. The summed E-state index contributed by atoms with van der Waals surface area (Å²) in [5.74, 6) is -1.61. The summed E-state index contributed by atoms with van der Waals surface area (Å²) in [6.45, 7) is 35.9. The number of halogens is 13. The smallest absolute Gasteiger partial charge is 0.159 e. The van der Waals surface area contributed by atoms with Crippen LogP contribution in [-0.4, -0.2) is 0 Å². The van der Waals surface area contributed by atoms with Crippen LogP contribution in [0.2, 0.25) is 30.1 Å². The minimum Gasteiger partial charge on any atom is -0.207 e. The molecule has 0 amide bonds. The molecule has 7 aromatic rings. The van der Waals surface area contributed by atoms with Crippen LogP contribution in [0.5, 0.6) is 0 Å². The Morgan fingerprint density at radius 2 is 0.725 bits per heavy atom. The van der Waals surface area contributed by atoms with Crippen molar-refractivity contribution in [2.24, 2.45) is 0 Å². The molecule has 7 aromatic carbocycles. The highest BCUT2D eigenvalue weighted by Crippen LogP contribution is 2.32. The molecular weight excluding hydrogens is 1150 g/mol. The summed E-state index contributed by atoms with van der Waals surface area (Å²) in [5, 5.41) is 3.94. The van der Waals surface area contributed by atoms with Gasteiger partial charge in [-0.2, -0.15) is 0 Å². The summed E-state index contributed by atoms with van der Waals surface area (Å²) in [6.07, 6.45) is 0. The van der Waals surface area contributed by atoms with Crippen LogP contribution >= 0.6 is 69.6 Å². The fraction of sp³-hybridized carbons (Fsp3) is 0.373. The lowest BCUT2D eigenvalue weighted by molar-refractivity contribution is 0.506. The molecule has 7 rings (SSSR count). The lowest BCUT2D eigenvalue weighted by Gasteiger charge is -2.20. The lowest BCUT2D eigenvalue weighted by atomic mass is 9.86. The van der Waals surface area contributed by atoms with Crippen LogP contribution in [0.15, 0.2) is 127 Å². The molecule has 0 aliphatic carbocycles. The Morgan fingerprint density at radius 1 is 0.300 bits per heavy atom. The van der Waals surface area contributed by atoms with E-state index in [9.17, 15) is 30.7 Å². The summed E-state index contributed by atoms with van der Waals surface area (Å²) in [5.41, 5.74) is 6.57. The van der Waals surface area contributed by atoms with Crippen LogP contribution in [0.25, 0.3) is 0 Å². The van der Waals surface area contributed by atoms with Crippen molar-refractivity contribution in [2.45, 2.75) is 165 Å². The van der Waals surface area contributed by atoms with Gasteiger partial charge in [0, 0.05) is 30.1 Å². The van der Waals surface area contributed by atoms with Gasteiger partial charge in [-0.15, -0.1) is 0 Å². The van der Waals surface area contributed by atoms with Gasteiger partial charge in [-0.05, 0) is 182 Å². The molecule has 0 aliphatic heterocycles. The van der Waals surface area contributed by atoms with Crippen molar-refractivity contribution in [3.8, 4) is 0 Å². The van der Waals surface area contributed by atoms with Crippen LogP contribution in [0.1, 0.15) is 186 Å². The zero-order valence-electron chi connectivity index (χ0n) is 49.3. The third-order valence-electron chi connectivity index (χ3n) is 11.8. The second-order valence-corrected chi connectivity index (χ2v) is 25.8. The molecule has 438 valence electrons. The quantitative estimate of drug-likeness (QED) is 0.154. The van der Waals surface area contributed by atoms with E-state index in [0.717, 1.165) is 72.2 Å². The number of hydrogen-bond acceptors (Lipinski definition) is 0. The molecular formula is C67H79Cl6F7. The maximum atomic E-state index is 13.3. The van der Waals surface area contributed by atoms with Crippen LogP contribution in [0.3, 0.4) is 0 Å². The molecule has 0 heterocycles. The van der Waals surface area contributed by atoms with E-state index in [1.165, 1.54) is 30.3 Å². The van der Waals surface area contributed by atoms with Crippen LogP contribution in [-0.2, 0) is 16.2 Å². The minimum atomic E-state index is -0.783. The third kappa shape index (κ3) is 26.8. The first-order valence-electron chi connectivity index (χ1n) is 26.1. The average molecular weight is 1230 g/mol. The van der Waals surface area contributed by atoms with Gasteiger partial charge in [-0.25, -0.2) is 30.7 Å². The summed E-state index contributed by atoms with van der Waals surface area (Å²) in [4.78, 5) is 0. The fourth-order valence-electron chi connectivity index (χ4n) is 7.15. The Morgan fingerprint density at radius 3 is 1.14 bits per heavy atom. The molecule has 0 spiro atoms. The average Bonchev–Trinajstić information content (AvgIpc) is 3.31. The highest BCUT2D eigenvalue weighted by molar-refractivity contribution is 6.35. The molecule has 80 heavy (non-hydrogen) atoms. The molecule has 0 unspecified atom stereocenters. The second-order valence-electron chi connectivity index (χ2n) is 23.3. The molecule has 0 fully saturated rings. The Balaban J connectivity index is 0.000000467. The molecule has 0 radical (unpaired) electrons. The summed E-state index contributed by atoms with van der Waals surface area (Å²) < 4.78 is 89.7. The van der Waals surface area contributed by atoms with Crippen LogP contribution in [0, 0.1) is 47.6 Å². The van der Waals surface area contributed by atoms with E-state index in [0.29, 0.717) is 32.5 Å². The molecule has 0 atom stereocenters. The highest BCUT2D eigenvalue weighted by Gasteiger charge is 2.20. The predicted octanol–water partition coefficient (Wildman–Crippen LogP) is 25.4. The summed E-state index contributed by atoms with van der Waals surface area (Å²) in [7, 11) is 0. The van der Waals surface area contributed by atoms with Gasteiger partial charge in [0.25, 0.3) is 0 Å². The Bertz CT molecular complexity index is 2830. The maximum absolute atomic E-state index is 13.3. The van der Waals surface area contributed by atoms with E-state index in [-0.39, 0.29) is 57.2 Å². The van der Waals surface area contributed by atoms with Gasteiger partial charge in [0.1, 0.15) is 29.1 Å². The van der Waals surface area contributed by atoms with E-state index in [2.05, 4.69) is 34.6 Å². The number of rotatable bonds is 4. The largest absolute Gasteiger partial charge is 0.207 e.